The first-order valence-electron chi connectivity index (χ1n) is 10.6. The molecule has 3 N–H and O–H groups in total. The van der Waals surface area contributed by atoms with E-state index >= 15 is 0 Å². The fourth-order valence-electron chi connectivity index (χ4n) is 5.32. The molecule has 2 aromatic carbocycles. The average molecular weight is 410 g/mol. The number of carbonyl (C=O) groups is 2. The van der Waals surface area contributed by atoms with Crippen LogP contribution in [0.4, 0.5) is 17.2 Å². The maximum atomic E-state index is 12.9. The highest BCUT2D eigenvalue weighted by Crippen LogP contribution is 2.47. The zero-order chi connectivity index (χ0) is 21.0. The quantitative estimate of drug-likeness (QED) is 0.616. The molecule has 0 saturated carbocycles. The van der Waals surface area contributed by atoms with E-state index in [1.165, 1.54) is 5.56 Å². The zero-order valence-electron chi connectivity index (χ0n) is 16.9. The van der Waals surface area contributed by atoms with Gasteiger partial charge in [-0.2, -0.15) is 0 Å². The van der Waals surface area contributed by atoms with Gasteiger partial charge in [0.05, 0.1) is 5.41 Å². The molecule has 31 heavy (non-hydrogen) atoms. The summed E-state index contributed by atoms with van der Waals surface area (Å²) in [4.78, 5) is 29.9. The summed E-state index contributed by atoms with van der Waals surface area (Å²) in [6, 6.07) is 18.0. The van der Waals surface area contributed by atoms with Gasteiger partial charge in [0.2, 0.25) is 11.8 Å². The Morgan fingerprint density at radius 1 is 1.10 bits per heavy atom. The number of pyridine rings is 1. The van der Waals surface area contributed by atoms with E-state index in [4.69, 9.17) is 0 Å². The molecule has 2 atom stereocenters. The van der Waals surface area contributed by atoms with Crippen molar-refractivity contribution in [3.05, 3.63) is 83.0 Å². The molecular weight excluding hydrogens is 388 g/mol. The summed E-state index contributed by atoms with van der Waals surface area (Å²) in [5, 5.41) is 9.36. The number of benzene rings is 2. The summed E-state index contributed by atoms with van der Waals surface area (Å²) < 4.78 is 0. The van der Waals surface area contributed by atoms with Gasteiger partial charge in [-0.05, 0) is 53.8 Å². The number of rotatable bonds is 3. The molecule has 3 aromatic rings. The lowest BCUT2D eigenvalue weighted by Crippen LogP contribution is -2.35. The highest BCUT2D eigenvalue weighted by atomic mass is 16.2. The number of amides is 2. The predicted molar refractivity (Wildman–Crippen MR) is 119 cm³/mol. The number of carbonyl (C=O) groups excluding carboxylic acids is 2. The normalized spacial score (nSPS) is 22.5. The van der Waals surface area contributed by atoms with E-state index in [-0.39, 0.29) is 17.7 Å². The van der Waals surface area contributed by atoms with Crippen LogP contribution in [0.5, 0.6) is 0 Å². The van der Waals surface area contributed by atoms with Crippen molar-refractivity contribution in [2.24, 2.45) is 0 Å². The number of fused-ring (bicyclic) bond motifs is 4. The van der Waals surface area contributed by atoms with Crippen molar-refractivity contribution in [2.45, 2.75) is 30.6 Å². The first-order chi connectivity index (χ1) is 15.1. The van der Waals surface area contributed by atoms with Crippen LogP contribution in [0.2, 0.25) is 0 Å². The Hall–Kier alpha value is -3.67. The van der Waals surface area contributed by atoms with E-state index in [0.29, 0.717) is 25.1 Å². The molecule has 3 heterocycles. The van der Waals surface area contributed by atoms with Crippen molar-refractivity contribution >= 4 is 29.0 Å². The van der Waals surface area contributed by atoms with Gasteiger partial charge in [-0.15, -0.1) is 0 Å². The standard InChI is InChI=1S/C25H22N4O2/c30-22(11-17-14-27-21-6-2-1-4-19(17)21)28-18-8-7-15-12-25(13-16(15)10-18)20-5-3-9-26-23(20)29-24(25)31/h1-10,17,27H,11-14H2,(H,28,30)(H,26,29,31). The van der Waals surface area contributed by atoms with Crippen molar-refractivity contribution in [3.8, 4) is 0 Å². The van der Waals surface area contributed by atoms with Crippen LogP contribution in [0.3, 0.4) is 0 Å². The topological polar surface area (TPSA) is 83.1 Å². The second-order valence-electron chi connectivity index (χ2n) is 8.69. The van der Waals surface area contributed by atoms with Crippen LogP contribution in [0.15, 0.2) is 60.8 Å². The molecule has 2 amide bonds. The van der Waals surface area contributed by atoms with Crippen LogP contribution >= 0.6 is 0 Å². The molecule has 0 saturated heterocycles. The number of nitrogens with one attached hydrogen (secondary N) is 3. The SMILES string of the molecule is O=C(CC1CNc2ccccc21)Nc1ccc2c(c1)CC1(C2)C(=O)Nc2ncccc21. The van der Waals surface area contributed by atoms with Crippen molar-refractivity contribution in [3.63, 3.8) is 0 Å². The fourth-order valence-corrected chi connectivity index (χ4v) is 5.32. The molecule has 6 heteroatoms. The lowest BCUT2D eigenvalue weighted by molar-refractivity contribution is -0.120. The molecule has 1 aromatic heterocycles. The Morgan fingerprint density at radius 3 is 2.90 bits per heavy atom. The van der Waals surface area contributed by atoms with Gasteiger partial charge in [0.25, 0.3) is 0 Å². The number of hydrogen-bond donors (Lipinski definition) is 3. The molecule has 3 aliphatic rings. The molecule has 6 nitrogen and oxygen atoms in total. The summed E-state index contributed by atoms with van der Waals surface area (Å²) in [5.41, 5.74) is 5.74. The summed E-state index contributed by atoms with van der Waals surface area (Å²) >= 11 is 0. The Morgan fingerprint density at radius 2 is 1.97 bits per heavy atom. The lowest BCUT2D eigenvalue weighted by Gasteiger charge is -2.20. The monoisotopic (exact) mass is 410 g/mol. The van der Waals surface area contributed by atoms with Crippen LogP contribution in [-0.2, 0) is 27.8 Å². The lowest BCUT2D eigenvalue weighted by atomic mass is 9.79. The highest BCUT2D eigenvalue weighted by molar-refractivity contribution is 6.06. The minimum Gasteiger partial charge on any atom is -0.384 e. The van der Waals surface area contributed by atoms with Crippen LogP contribution in [0.1, 0.15) is 34.6 Å². The average Bonchev–Trinajstić information content (AvgIpc) is 3.43. The van der Waals surface area contributed by atoms with Gasteiger partial charge in [0.1, 0.15) is 5.82 Å². The molecule has 2 aliphatic heterocycles. The maximum Gasteiger partial charge on any atom is 0.237 e. The van der Waals surface area contributed by atoms with Crippen molar-refractivity contribution in [2.75, 3.05) is 22.5 Å². The Balaban J connectivity index is 1.20. The van der Waals surface area contributed by atoms with Gasteiger partial charge in [0.15, 0.2) is 0 Å². The molecule has 0 bridgehead atoms. The van der Waals surface area contributed by atoms with Crippen molar-refractivity contribution in [1.82, 2.24) is 4.98 Å². The van der Waals surface area contributed by atoms with Gasteiger partial charge >= 0.3 is 0 Å². The zero-order valence-corrected chi connectivity index (χ0v) is 16.9. The molecule has 6 rings (SSSR count). The fraction of sp³-hybridized carbons (Fsp3) is 0.240. The number of anilines is 3. The van der Waals surface area contributed by atoms with E-state index in [9.17, 15) is 9.59 Å². The van der Waals surface area contributed by atoms with Crippen molar-refractivity contribution in [1.29, 1.82) is 0 Å². The summed E-state index contributed by atoms with van der Waals surface area (Å²) in [5.74, 6) is 0.860. The van der Waals surface area contributed by atoms with Crippen LogP contribution < -0.4 is 16.0 Å². The third-order valence-corrected chi connectivity index (χ3v) is 6.84. The molecule has 2 unspecified atom stereocenters. The minimum absolute atomic E-state index is 0.00400. The first kappa shape index (κ1) is 18.1. The Bertz CT molecular complexity index is 1240. The second-order valence-corrected chi connectivity index (χ2v) is 8.69. The number of hydrogen-bond acceptors (Lipinski definition) is 4. The molecule has 154 valence electrons. The third-order valence-electron chi connectivity index (χ3n) is 6.84. The summed E-state index contributed by atoms with van der Waals surface area (Å²) in [6.45, 7) is 0.780. The molecule has 1 aliphatic carbocycles. The largest absolute Gasteiger partial charge is 0.384 e. The van der Waals surface area contributed by atoms with Crippen molar-refractivity contribution < 1.29 is 9.59 Å². The minimum atomic E-state index is -0.589. The number of nitrogens with zero attached hydrogens (tertiary/aromatic N) is 1. The smallest absolute Gasteiger partial charge is 0.237 e. The van der Waals surface area contributed by atoms with Gasteiger partial charge in [-0.1, -0.05) is 30.3 Å². The van der Waals surface area contributed by atoms with E-state index in [1.807, 2.05) is 42.5 Å². The predicted octanol–water partition coefficient (Wildman–Crippen LogP) is 3.61. The molecule has 0 radical (unpaired) electrons. The number of aromatic nitrogens is 1. The van der Waals surface area contributed by atoms with Crippen LogP contribution in [-0.4, -0.2) is 23.3 Å². The van der Waals surface area contributed by atoms with E-state index in [2.05, 4.69) is 33.1 Å². The Labute approximate surface area is 180 Å². The van der Waals surface area contributed by atoms with Gasteiger partial charge < -0.3 is 16.0 Å². The molecule has 0 fully saturated rings. The molecule has 1 spiro atoms. The van der Waals surface area contributed by atoms with Crippen LogP contribution in [0.25, 0.3) is 0 Å². The van der Waals surface area contributed by atoms with E-state index in [0.717, 1.165) is 34.6 Å². The van der Waals surface area contributed by atoms with Gasteiger partial charge in [-0.25, -0.2) is 4.98 Å². The van der Waals surface area contributed by atoms with Crippen LogP contribution in [0, 0.1) is 0 Å². The Kier molecular flexibility index (Phi) is 3.90. The highest BCUT2D eigenvalue weighted by Gasteiger charge is 2.51. The van der Waals surface area contributed by atoms with Gasteiger partial charge in [-0.3, -0.25) is 9.59 Å². The van der Waals surface area contributed by atoms with E-state index < -0.39 is 5.41 Å². The number of para-hydroxylation sites is 1. The summed E-state index contributed by atoms with van der Waals surface area (Å²) in [6.07, 6.45) is 3.42. The molecular formula is C25H22N4O2. The van der Waals surface area contributed by atoms with Gasteiger partial charge in [0, 0.05) is 42.0 Å². The van der Waals surface area contributed by atoms with E-state index in [1.54, 1.807) is 6.20 Å². The second kappa shape index (κ2) is 6.67. The first-order valence-corrected chi connectivity index (χ1v) is 10.6. The summed E-state index contributed by atoms with van der Waals surface area (Å²) in [7, 11) is 0. The third kappa shape index (κ3) is 2.82. The maximum absolute atomic E-state index is 12.9.